The summed E-state index contributed by atoms with van der Waals surface area (Å²) in [6.07, 6.45) is 5.48. The molecular weight excluding hydrogens is 310 g/mol. The molecule has 0 atom stereocenters. The van der Waals surface area contributed by atoms with Crippen LogP contribution in [0.25, 0.3) is 23.3 Å². The Balaban J connectivity index is 1.74. The molecule has 0 aliphatic heterocycles. The van der Waals surface area contributed by atoms with Gasteiger partial charge in [-0.2, -0.15) is 0 Å². The Hall–Kier alpha value is -3.20. The van der Waals surface area contributed by atoms with E-state index in [0.29, 0.717) is 12.2 Å². The maximum atomic E-state index is 11.8. The first-order chi connectivity index (χ1) is 12.3. The Bertz CT molecular complexity index is 868. The second-order valence-corrected chi connectivity index (χ2v) is 5.51. The van der Waals surface area contributed by atoms with E-state index < -0.39 is 0 Å². The molecule has 0 fully saturated rings. The molecule has 124 valence electrons. The SMILES string of the molecule is CCOC(=O)c1ccnc(C=Cc2ccc(-c3ccccc3)cc2)c1. The molecule has 0 spiro atoms. The molecule has 0 aliphatic rings. The van der Waals surface area contributed by atoms with Crippen molar-refractivity contribution in [2.45, 2.75) is 6.92 Å². The first-order valence-corrected chi connectivity index (χ1v) is 8.23. The number of hydrogen-bond acceptors (Lipinski definition) is 3. The van der Waals surface area contributed by atoms with Gasteiger partial charge in [0, 0.05) is 6.20 Å². The Morgan fingerprint density at radius 1 is 0.960 bits per heavy atom. The van der Waals surface area contributed by atoms with Crippen molar-refractivity contribution in [3.8, 4) is 11.1 Å². The number of benzene rings is 2. The first kappa shape index (κ1) is 16.7. The predicted molar refractivity (Wildman–Crippen MR) is 101 cm³/mol. The smallest absolute Gasteiger partial charge is 0.338 e. The lowest BCUT2D eigenvalue weighted by molar-refractivity contribution is 0.0526. The summed E-state index contributed by atoms with van der Waals surface area (Å²) in [5.74, 6) is -0.327. The molecule has 3 aromatic rings. The number of carbonyl (C=O) groups is 1. The Morgan fingerprint density at radius 2 is 1.68 bits per heavy atom. The van der Waals surface area contributed by atoms with E-state index >= 15 is 0 Å². The summed E-state index contributed by atoms with van der Waals surface area (Å²) >= 11 is 0. The van der Waals surface area contributed by atoms with E-state index in [-0.39, 0.29) is 5.97 Å². The summed E-state index contributed by atoms with van der Waals surface area (Å²) in [7, 11) is 0. The molecule has 0 amide bonds. The second-order valence-electron chi connectivity index (χ2n) is 5.51. The van der Waals surface area contributed by atoms with Crippen LogP contribution < -0.4 is 0 Å². The van der Waals surface area contributed by atoms with Crippen LogP contribution in [0.1, 0.15) is 28.5 Å². The second kappa shape index (κ2) is 8.06. The lowest BCUT2D eigenvalue weighted by atomic mass is 10.0. The molecule has 1 aromatic heterocycles. The molecule has 1 heterocycles. The summed E-state index contributed by atoms with van der Waals surface area (Å²) in [5.41, 5.74) is 4.68. The summed E-state index contributed by atoms with van der Waals surface area (Å²) in [6, 6.07) is 22.0. The van der Waals surface area contributed by atoms with E-state index in [0.717, 1.165) is 11.3 Å². The fourth-order valence-corrected chi connectivity index (χ4v) is 2.48. The Labute approximate surface area is 147 Å². The van der Waals surface area contributed by atoms with E-state index in [4.69, 9.17) is 4.74 Å². The highest BCUT2D eigenvalue weighted by molar-refractivity contribution is 5.90. The fraction of sp³-hybridized carbons (Fsp3) is 0.0909. The van der Waals surface area contributed by atoms with Crippen molar-refractivity contribution in [2.75, 3.05) is 6.61 Å². The highest BCUT2D eigenvalue weighted by atomic mass is 16.5. The molecule has 0 bridgehead atoms. The van der Waals surface area contributed by atoms with Crippen LogP contribution in [0.2, 0.25) is 0 Å². The Kier molecular flexibility index (Phi) is 5.37. The number of aromatic nitrogens is 1. The van der Waals surface area contributed by atoms with Crippen molar-refractivity contribution in [2.24, 2.45) is 0 Å². The highest BCUT2D eigenvalue weighted by Gasteiger charge is 2.06. The van der Waals surface area contributed by atoms with E-state index in [1.165, 1.54) is 11.1 Å². The highest BCUT2D eigenvalue weighted by Crippen LogP contribution is 2.20. The average Bonchev–Trinajstić information content (AvgIpc) is 2.68. The molecule has 0 saturated heterocycles. The molecular formula is C22H19NO2. The topological polar surface area (TPSA) is 39.2 Å². The van der Waals surface area contributed by atoms with Crippen LogP contribution in [0.5, 0.6) is 0 Å². The van der Waals surface area contributed by atoms with Crippen LogP contribution in [0.15, 0.2) is 72.9 Å². The normalized spacial score (nSPS) is 10.8. The fourth-order valence-electron chi connectivity index (χ4n) is 2.48. The number of ether oxygens (including phenoxy) is 1. The summed E-state index contributed by atoms with van der Waals surface area (Å²) in [6.45, 7) is 2.15. The standard InChI is InChI=1S/C22H19NO2/c1-2-25-22(24)20-14-15-23-21(16-20)13-10-17-8-11-19(12-9-17)18-6-4-3-5-7-18/h3-16H,2H2,1H3. The van der Waals surface area contributed by atoms with Gasteiger partial charge < -0.3 is 4.74 Å². The first-order valence-electron chi connectivity index (χ1n) is 8.23. The van der Waals surface area contributed by atoms with Crippen LogP contribution in [0.4, 0.5) is 0 Å². The summed E-state index contributed by atoms with van der Waals surface area (Å²) in [5, 5.41) is 0. The number of nitrogens with zero attached hydrogens (tertiary/aromatic N) is 1. The molecule has 3 rings (SSSR count). The number of pyridine rings is 1. The van der Waals surface area contributed by atoms with Gasteiger partial charge in [0.15, 0.2) is 0 Å². The number of hydrogen-bond donors (Lipinski definition) is 0. The number of esters is 1. The molecule has 3 nitrogen and oxygen atoms in total. The Morgan fingerprint density at radius 3 is 2.40 bits per heavy atom. The lowest BCUT2D eigenvalue weighted by Gasteiger charge is -2.03. The third kappa shape index (κ3) is 4.42. The molecule has 0 radical (unpaired) electrons. The third-order valence-corrected chi connectivity index (χ3v) is 3.76. The van der Waals surface area contributed by atoms with Crippen molar-refractivity contribution in [3.63, 3.8) is 0 Å². The largest absolute Gasteiger partial charge is 0.462 e. The van der Waals surface area contributed by atoms with Crippen molar-refractivity contribution in [1.82, 2.24) is 4.98 Å². The average molecular weight is 329 g/mol. The van der Waals surface area contributed by atoms with Crippen LogP contribution in [0, 0.1) is 0 Å². The van der Waals surface area contributed by atoms with E-state index in [9.17, 15) is 4.79 Å². The van der Waals surface area contributed by atoms with Gasteiger partial charge in [-0.25, -0.2) is 4.79 Å². The summed E-state index contributed by atoms with van der Waals surface area (Å²) in [4.78, 5) is 16.0. The zero-order valence-corrected chi connectivity index (χ0v) is 14.1. The van der Waals surface area contributed by atoms with Gasteiger partial charge in [0.2, 0.25) is 0 Å². The zero-order valence-electron chi connectivity index (χ0n) is 14.1. The van der Waals surface area contributed by atoms with Crippen molar-refractivity contribution < 1.29 is 9.53 Å². The third-order valence-electron chi connectivity index (χ3n) is 3.76. The molecule has 2 aromatic carbocycles. The number of rotatable bonds is 5. The van der Waals surface area contributed by atoms with E-state index in [2.05, 4.69) is 41.4 Å². The van der Waals surface area contributed by atoms with Crippen LogP contribution in [-0.2, 0) is 4.74 Å². The monoisotopic (exact) mass is 329 g/mol. The minimum atomic E-state index is -0.327. The quantitative estimate of drug-likeness (QED) is 0.612. The van der Waals surface area contributed by atoms with Crippen LogP contribution in [0.3, 0.4) is 0 Å². The van der Waals surface area contributed by atoms with Gasteiger partial charge in [0.1, 0.15) is 0 Å². The van der Waals surface area contributed by atoms with Gasteiger partial charge in [0.05, 0.1) is 17.9 Å². The van der Waals surface area contributed by atoms with Gasteiger partial charge in [-0.15, -0.1) is 0 Å². The van der Waals surface area contributed by atoms with Gasteiger partial charge in [-0.05, 0) is 41.8 Å². The van der Waals surface area contributed by atoms with Crippen LogP contribution >= 0.6 is 0 Å². The lowest BCUT2D eigenvalue weighted by Crippen LogP contribution is -2.04. The summed E-state index contributed by atoms with van der Waals surface area (Å²) < 4.78 is 5.01. The van der Waals surface area contributed by atoms with Crippen molar-refractivity contribution in [3.05, 3.63) is 89.7 Å². The van der Waals surface area contributed by atoms with Gasteiger partial charge in [-0.3, -0.25) is 4.98 Å². The molecule has 0 saturated carbocycles. The van der Waals surface area contributed by atoms with E-state index in [1.807, 2.05) is 30.4 Å². The van der Waals surface area contributed by atoms with Gasteiger partial charge in [-0.1, -0.05) is 60.7 Å². The van der Waals surface area contributed by atoms with E-state index in [1.54, 1.807) is 25.3 Å². The van der Waals surface area contributed by atoms with Gasteiger partial charge in [0.25, 0.3) is 0 Å². The zero-order chi connectivity index (χ0) is 17.5. The molecule has 3 heteroatoms. The van der Waals surface area contributed by atoms with Crippen molar-refractivity contribution in [1.29, 1.82) is 0 Å². The minimum absolute atomic E-state index is 0.327. The van der Waals surface area contributed by atoms with Gasteiger partial charge >= 0.3 is 5.97 Å². The predicted octanol–water partition coefficient (Wildman–Crippen LogP) is 5.10. The molecule has 25 heavy (non-hydrogen) atoms. The minimum Gasteiger partial charge on any atom is -0.462 e. The van der Waals surface area contributed by atoms with Crippen LogP contribution in [-0.4, -0.2) is 17.6 Å². The number of carbonyl (C=O) groups excluding carboxylic acids is 1. The molecule has 0 unspecified atom stereocenters. The molecule has 0 N–H and O–H groups in total. The maximum absolute atomic E-state index is 11.8. The molecule has 0 aliphatic carbocycles. The van der Waals surface area contributed by atoms with Crippen molar-refractivity contribution >= 4 is 18.1 Å². The maximum Gasteiger partial charge on any atom is 0.338 e.